The van der Waals surface area contributed by atoms with Crippen molar-refractivity contribution in [1.29, 1.82) is 5.26 Å². The first-order valence-corrected chi connectivity index (χ1v) is 10.5. The average Bonchev–Trinajstić information content (AvgIpc) is 3.39. The van der Waals surface area contributed by atoms with Gasteiger partial charge in [0.15, 0.2) is 0 Å². The second kappa shape index (κ2) is 8.96. The molecule has 4 rings (SSSR count). The Labute approximate surface area is 200 Å². The summed E-state index contributed by atoms with van der Waals surface area (Å²) in [5.41, 5.74) is 0.685. The van der Waals surface area contributed by atoms with Gasteiger partial charge in [0, 0.05) is 11.8 Å². The van der Waals surface area contributed by atoms with E-state index < -0.39 is 23.5 Å². The minimum atomic E-state index is -1.06. The van der Waals surface area contributed by atoms with E-state index in [2.05, 4.69) is 0 Å². The number of aliphatic hydroxyl groups excluding tert-OH is 1. The van der Waals surface area contributed by atoms with Crippen LogP contribution >= 0.6 is 11.6 Å². The molecular weight excluding hydrogens is 460 g/mol. The number of halogens is 1. The number of methoxy groups -OCH3 is 2. The molecule has 9 heteroatoms. The molecule has 1 N–H and O–H groups in total. The fourth-order valence-corrected chi connectivity index (χ4v) is 4.09. The molecule has 1 saturated heterocycles. The van der Waals surface area contributed by atoms with Crippen LogP contribution in [0.4, 0.5) is 5.69 Å². The zero-order valence-corrected chi connectivity index (χ0v) is 19.2. The third kappa shape index (κ3) is 3.76. The number of hydrogen-bond acceptors (Lipinski definition) is 7. The molecule has 2 heterocycles. The van der Waals surface area contributed by atoms with Gasteiger partial charge in [-0.2, -0.15) is 5.26 Å². The van der Waals surface area contributed by atoms with Gasteiger partial charge < -0.3 is 19.0 Å². The van der Waals surface area contributed by atoms with Gasteiger partial charge in [0.1, 0.15) is 34.8 Å². The topological polar surface area (TPSA) is 113 Å². The van der Waals surface area contributed by atoms with Crippen molar-refractivity contribution in [2.75, 3.05) is 19.1 Å². The maximum Gasteiger partial charge on any atom is 0.300 e. The number of aryl methyl sites for hydroxylation is 1. The van der Waals surface area contributed by atoms with Crippen molar-refractivity contribution in [3.05, 3.63) is 81.8 Å². The lowest BCUT2D eigenvalue weighted by Gasteiger charge is -2.23. The zero-order chi connectivity index (χ0) is 24.6. The number of benzene rings is 2. The maximum atomic E-state index is 13.2. The Kier molecular flexibility index (Phi) is 6.05. The molecule has 1 aliphatic rings. The summed E-state index contributed by atoms with van der Waals surface area (Å²) < 4.78 is 16.4. The minimum absolute atomic E-state index is 0.120. The summed E-state index contributed by atoms with van der Waals surface area (Å²) in [5.74, 6) is -0.964. The minimum Gasteiger partial charge on any atom is -0.507 e. The van der Waals surface area contributed by atoms with E-state index in [1.165, 1.54) is 43.4 Å². The number of aliphatic hydroxyl groups is 1. The second-order valence-corrected chi connectivity index (χ2v) is 7.87. The van der Waals surface area contributed by atoms with E-state index in [-0.39, 0.29) is 33.4 Å². The van der Waals surface area contributed by atoms with Gasteiger partial charge in [0.2, 0.25) is 0 Å². The molecule has 0 spiro atoms. The largest absolute Gasteiger partial charge is 0.507 e. The van der Waals surface area contributed by atoms with Gasteiger partial charge >= 0.3 is 0 Å². The van der Waals surface area contributed by atoms with E-state index in [0.29, 0.717) is 17.0 Å². The molecule has 172 valence electrons. The van der Waals surface area contributed by atoms with Crippen LogP contribution in [0.1, 0.15) is 28.7 Å². The number of amides is 1. The summed E-state index contributed by atoms with van der Waals surface area (Å²) in [5, 5.41) is 20.7. The van der Waals surface area contributed by atoms with Crippen LogP contribution in [0.2, 0.25) is 5.02 Å². The lowest BCUT2D eigenvalue weighted by molar-refractivity contribution is -0.132. The Morgan fingerprint density at radius 3 is 2.32 bits per heavy atom. The Bertz CT molecular complexity index is 1370. The third-order valence-electron chi connectivity index (χ3n) is 5.48. The number of ether oxygens (including phenoxy) is 2. The second-order valence-electron chi connectivity index (χ2n) is 7.46. The van der Waals surface area contributed by atoms with E-state index in [0.717, 1.165) is 0 Å². The first kappa shape index (κ1) is 23.0. The van der Waals surface area contributed by atoms with Gasteiger partial charge in [-0.3, -0.25) is 14.5 Å². The molecule has 1 atom stereocenters. The number of ketones is 1. The van der Waals surface area contributed by atoms with E-state index >= 15 is 0 Å². The predicted octanol–water partition coefficient (Wildman–Crippen LogP) is 4.76. The fourth-order valence-electron chi connectivity index (χ4n) is 3.86. The van der Waals surface area contributed by atoms with Crippen molar-refractivity contribution in [3.63, 3.8) is 0 Å². The normalized spacial score (nSPS) is 17.0. The summed E-state index contributed by atoms with van der Waals surface area (Å²) in [7, 11) is 2.80. The van der Waals surface area contributed by atoms with E-state index in [9.17, 15) is 14.7 Å². The average molecular weight is 479 g/mol. The summed E-state index contributed by atoms with van der Waals surface area (Å²) in [6.45, 7) is 1.73. The molecule has 1 aliphatic heterocycles. The highest BCUT2D eigenvalue weighted by Crippen LogP contribution is 2.45. The molecule has 0 bridgehead atoms. The molecule has 1 unspecified atom stereocenters. The summed E-state index contributed by atoms with van der Waals surface area (Å²) in [6.07, 6.45) is 0. The van der Waals surface area contributed by atoms with Gasteiger partial charge in [-0.25, -0.2) is 0 Å². The van der Waals surface area contributed by atoms with Crippen LogP contribution in [0.3, 0.4) is 0 Å². The Morgan fingerprint density at radius 2 is 1.76 bits per heavy atom. The number of hydrogen-bond donors (Lipinski definition) is 1. The number of furan rings is 1. The molecule has 1 fully saturated rings. The van der Waals surface area contributed by atoms with Crippen molar-refractivity contribution >= 4 is 34.7 Å². The van der Waals surface area contributed by atoms with Crippen LogP contribution in [0.25, 0.3) is 5.76 Å². The van der Waals surface area contributed by atoms with Crippen LogP contribution < -0.4 is 14.4 Å². The van der Waals surface area contributed by atoms with E-state index in [1.54, 1.807) is 31.2 Å². The smallest absolute Gasteiger partial charge is 0.300 e. The number of carbonyl (C=O) groups excluding carboxylic acids is 2. The number of Topliss-reactive ketones (excluding diaryl/α,β-unsaturated/α-hetero) is 1. The molecule has 1 amide bonds. The van der Waals surface area contributed by atoms with Crippen LogP contribution in [-0.2, 0) is 9.59 Å². The van der Waals surface area contributed by atoms with E-state index in [1.807, 2.05) is 6.07 Å². The standard InChI is InChI=1S/C25H19ClN2O6/c1-13-4-9-18(34-13)22-21(23(29)16-10-20(33-3)17(26)11-19(16)32-2)24(30)25(31)28(22)15-7-5-14(12-27)6-8-15/h4-11,22,29H,1-3H3/b23-21+. The first-order chi connectivity index (χ1) is 16.3. The van der Waals surface area contributed by atoms with Gasteiger partial charge in [0.25, 0.3) is 11.7 Å². The molecule has 0 aliphatic carbocycles. The molecule has 0 radical (unpaired) electrons. The van der Waals surface area contributed by atoms with Crippen LogP contribution in [0.5, 0.6) is 11.5 Å². The molecule has 8 nitrogen and oxygen atoms in total. The highest BCUT2D eigenvalue weighted by molar-refractivity contribution is 6.51. The van der Waals surface area contributed by atoms with Gasteiger partial charge in [-0.15, -0.1) is 0 Å². The summed E-state index contributed by atoms with van der Waals surface area (Å²) in [6, 6.07) is 13.3. The van der Waals surface area contributed by atoms with Crippen molar-refractivity contribution in [2.45, 2.75) is 13.0 Å². The van der Waals surface area contributed by atoms with Gasteiger partial charge in [0.05, 0.1) is 42.0 Å². The molecule has 34 heavy (non-hydrogen) atoms. The SMILES string of the molecule is COc1cc(/C(O)=C2\C(=O)C(=O)N(c3ccc(C#N)cc3)C2c2ccc(C)o2)c(OC)cc1Cl. The number of nitriles is 1. The first-order valence-electron chi connectivity index (χ1n) is 10.1. The zero-order valence-electron chi connectivity index (χ0n) is 18.5. The number of nitrogens with zero attached hydrogens (tertiary/aromatic N) is 2. The predicted molar refractivity (Wildman–Crippen MR) is 124 cm³/mol. The molecule has 0 saturated carbocycles. The fraction of sp³-hybridized carbons (Fsp3) is 0.160. The molecule has 1 aromatic heterocycles. The summed E-state index contributed by atoms with van der Waals surface area (Å²) >= 11 is 6.18. The van der Waals surface area contributed by atoms with Gasteiger partial charge in [-0.1, -0.05) is 11.6 Å². The van der Waals surface area contributed by atoms with Crippen molar-refractivity contribution < 1.29 is 28.6 Å². The maximum absolute atomic E-state index is 13.2. The highest BCUT2D eigenvalue weighted by atomic mass is 35.5. The van der Waals surface area contributed by atoms with Crippen LogP contribution in [0, 0.1) is 18.3 Å². The van der Waals surface area contributed by atoms with Crippen molar-refractivity contribution in [2.24, 2.45) is 0 Å². The number of anilines is 1. The summed E-state index contributed by atoms with van der Waals surface area (Å²) in [4.78, 5) is 27.6. The lowest BCUT2D eigenvalue weighted by atomic mass is 9.98. The third-order valence-corrected chi connectivity index (χ3v) is 5.77. The molecular formula is C25H19ClN2O6. The number of rotatable bonds is 5. The van der Waals surface area contributed by atoms with Crippen molar-refractivity contribution in [3.8, 4) is 17.6 Å². The molecule has 2 aromatic carbocycles. The highest BCUT2D eigenvalue weighted by Gasteiger charge is 2.48. The monoisotopic (exact) mass is 478 g/mol. The van der Waals surface area contributed by atoms with Crippen molar-refractivity contribution in [1.82, 2.24) is 0 Å². The molecule has 3 aromatic rings. The van der Waals surface area contributed by atoms with Gasteiger partial charge in [-0.05, 0) is 49.4 Å². The van der Waals surface area contributed by atoms with E-state index in [4.69, 9.17) is 30.8 Å². The lowest BCUT2D eigenvalue weighted by Crippen LogP contribution is -2.29. The number of carbonyl (C=O) groups is 2. The Balaban J connectivity index is 1.97. The van der Waals surface area contributed by atoms with Crippen LogP contribution in [-0.4, -0.2) is 31.0 Å². The quantitative estimate of drug-likeness (QED) is 0.319. The Morgan fingerprint density at radius 1 is 1.09 bits per heavy atom. The Hall–Kier alpha value is -4.22. The van der Waals surface area contributed by atoms with Crippen LogP contribution in [0.15, 0.2) is 58.5 Å².